The highest BCUT2D eigenvalue weighted by Crippen LogP contribution is 2.30. The average Bonchev–Trinajstić information content (AvgIpc) is 2.74. The zero-order valence-corrected chi connectivity index (χ0v) is 17.2. The molecule has 0 atom stereocenters. The maximum absolute atomic E-state index is 13.0. The fourth-order valence-corrected chi connectivity index (χ4v) is 4.70. The van der Waals surface area contributed by atoms with Crippen LogP contribution < -0.4 is 14.8 Å². The van der Waals surface area contributed by atoms with E-state index in [0.29, 0.717) is 24.7 Å². The molecule has 1 amide bonds. The molecule has 0 bridgehead atoms. The van der Waals surface area contributed by atoms with Crippen LogP contribution in [0.3, 0.4) is 0 Å². The lowest BCUT2D eigenvalue weighted by molar-refractivity contribution is -0.115. The number of sulfonamides is 1. The molecule has 1 aliphatic rings. The summed E-state index contributed by atoms with van der Waals surface area (Å²) in [5.74, 6) is 0.557. The average molecular weight is 420 g/mol. The van der Waals surface area contributed by atoms with Crippen molar-refractivity contribution in [2.45, 2.75) is 11.3 Å². The van der Waals surface area contributed by atoms with Gasteiger partial charge in [0, 0.05) is 24.3 Å². The van der Waals surface area contributed by atoms with Crippen LogP contribution in [-0.4, -0.2) is 59.2 Å². The Morgan fingerprint density at radius 1 is 1.07 bits per heavy atom. The van der Waals surface area contributed by atoms with Crippen molar-refractivity contribution >= 4 is 21.6 Å². The molecule has 2 aromatic carbocycles. The first-order valence-electron chi connectivity index (χ1n) is 9.13. The van der Waals surface area contributed by atoms with Gasteiger partial charge in [0.1, 0.15) is 16.4 Å². The minimum absolute atomic E-state index is 0.0111. The third-order valence-corrected chi connectivity index (χ3v) is 6.50. The molecule has 1 N–H and O–H groups in total. The first-order chi connectivity index (χ1) is 14.0. The summed E-state index contributed by atoms with van der Waals surface area (Å²) in [5.41, 5.74) is 1.11. The van der Waals surface area contributed by atoms with E-state index in [1.807, 2.05) is 12.1 Å². The van der Waals surface area contributed by atoms with Crippen LogP contribution in [-0.2, 0) is 26.0 Å². The highest BCUT2D eigenvalue weighted by atomic mass is 32.2. The summed E-state index contributed by atoms with van der Waals surface area (Å²) in [7, 11) is -0.821. The third-order valence-electron chi connectivity index (χ3n) is 4.58. The molecule has 1 saturated heterocycles. The molecule has 156 valence electrons. The van der Waals surface area contributed by atoms with Crippen LogP contribution >= 0.6 is 0 Å². The summed E-state index contributed by atoms with van der Waals surface area (Å²) in [6.07, 6.45) is 0.0988. The van der Waals surface area contributed by atoms with Crippen LogP contribution in [0.15, 0.2) is 47.4 Å². The lowest BCUT2D eigenvalue weighted by Crippen LogP contribution is -2.40. The number of hydrogen-bond acceptors (Lipinski definition) is 6. The predicted octanol–water partition coefficient (Wildman–Crippen LogP) is 1.91. The highest BCUT2D eigenvalue weighted by Gasteiger charge is 2.29. The van der Waals surface area contributed by atoms with Gasteiger partial charge in [-0.2, -0.15) is 4.31 Å². The number of hydrogen-bond donors (Lipinski definition) is 1. The van der Waals surface area contributed by atoms with E-state index >= 15 is 0 Å². The Labute approximate surface area is 170 Å². The summed E-state index contributed by atoms with van der Waals surface area (Å²) in [4.78, 5) is 12.5. The monoisotopic (exact) mass is 420 g/mol. The summed E-state index contributed by atoms with van der Waals surface area (Å²) in [6, 6.07) is 11.8. The van der Waals surface area contributed by atoms with Gasteiger partial charge in [0.05, 0.1) is 33.9 Å². The van der Waals surface area contributed by atoms with Crippen molar-refractivity contribution in [3.8, 4) is 11.5 Å². The Bertz CT molecular complexity index is 971. The Morgan fingerprint density at radius 3 is 2.45 bits per heavy atom. The second-order valence-corrected chi connectivity index (χ2v) is 8.33. The zero-order chi connectivity index (χ0) is 20.9. The number of para-hydroxylation sites is 1. The van der Waals surface area contributed by atoms with Crippen molar-refractivity contribution in [2.24, 2.45) is 0 Å². The van der Waals surface area contributed by atoms with Crippen LogP contribution in [0.25, 0.3) is 0 Å². The molecule has 0 saturated carbocycles. The molecule has 9 heteroatoms. The quantitative estimate of drug-likeness (QED) is 0.735. The first-order valence-corrected chi connectivity index (χ1v) is 10.6. The van der Waals surface area contributed by atoms with Gasteiger partial charge >= 0.3 is 0 Å². The van der Waals surface area contributed by atoms with Crippen molar-refractivity contribution in [1.29, 1.82) is 0 Å². The first kappa shape index (κ1) is 21.1. The molecule has 0 unspecified atom stereocenters. The van der Waals surface area contributed by atoms with E-state index in [-0.39, 0.29) is 36.1 Å². The largest absolute Gasteiger partial charge is 0.496 e. The van der Waals surface area contributed by atoms with Crippen LogP contribution in [0.4, 0.5) is 5.69 Å². The van der Waals surface area contributed by atoms with Crippen LogP contribution in [0.5, 0.6) is 11.5 Å². The molecule has 0 aliphatic carbocycles. The van der Waals surface area contributed by atoms with Gasteiger partial charge in [-0.15, -0.1) is 0 Å². The van der Waals surface area contributed by atoms with Gasteiger partial charge in [-0.05, 0) is 24.3 Å². The number of morpholine rings is 1. The second kappa shape index (κ2) is 9.25. The van der Waals surface area contributed by atoms with E-state index < -0.39 is 10.0 Å². The van der Waals surface area contributed by atoms with Gasteiger partial charge in [-0.3, -0.25) is 4.79 Å². The van der Waals surface area contributed by atoms with Gasteiger partial charge in [0.15, 0.2) is 0 Å². The summed E-state index contributed by atoms with van der Waals surface area (Å²) < 4.78 is 43.2. The molecule has 2 aromatic rings. The maximum Gasteiger partial charge on any atom is 0.246 e. The van der Waals surface area contributed by atoms with E-state index in [1.165, 1.54) is 23.5 Å². The van der Waals surface area contributed by atoms with Gasteiger partial charge < -0.3 is 19.5 Å². The minimum Gasteiger partial charge on any atom is -0.496 e. The van der Waals surface area contributed by atoms with Crippen LogP contribution in [0, 0.1) is 0 Å². The number of nitrogens with one attached hydrogen (secondary N) is 1. The fourth-order valence-electron chi connectivity index (χ4n) is 3.11. The summed E-state index contributed by atoms with van der Waals surface area (Å²) in [5, 5.41) is 2.75. The number of carbonyl (C=O) groups excluding carboxylic acids is 1. The Kier molecular flexibility index (Phi) is 6.73. The van der Waals surface area contributed by atoms with E-state index in [2.05, 4.69) is 5.32 Å². The Balaban J connectivity index is 1.82. The molecule has 1 fully saturated rings. The maximum atomic E-state index is 13.0. The standard InChI is InChI=1S/C20H24N2O6S/c1-26-17-6-4-3-5-15(17)13-20(23)21-16-7-8-18(27-2)19(14-16)29(24,25)22-9-11-28-12-10-22/h3-8,14H,9-13H2,1-2H3,(H,21,23). The molecule has 0 aromatic heterocycles. The number of anilines is 1. The number of benzene rings is 2. The van der Waals surface area contributed by atoms with E-state index in [4.69, 9.17) is 14.2 Å². The molecule has 0 radical (unpaired) electrons. The highest BCUT2D eigenvalue weighted by molar-refractivity contribution is 7.89. The molecule has 1 heterocycles. The van der Waals surface area contributed by atoms with Crippen molar-refractivity contribution in [3.05, 3.63) is 48.0 Å². The number of ether oxygens (including phenoxy) is 3. The van der Waals surface area contributed by atoms with Crippen molar-refractivity contribution in [1.82, 2.24) is 4.31 Å². The number of methoxy groups -OCH3 is 2. The molecule has 8 nitrogen and oxygen atoms in total. The Morgan fingerprint density at radius 2 is 1.76 bits per heavy atom. The van der Waals surface area contributed by atoms with Gasteiger partial charge in [-0.1, -0.05) is 18.2 Å². The summed E-state index contributed by atoms with van der Waals surface area (Å²) >= 11 is 0. The molecular formula is C20H24N2O6S. The third kappa shape index (κ3) is 4.87. The van der Waals surface area contributed by atoms with E-state index in [9.17, 15) is 13.2 Å². The van der Waals surface area contributed by atoms with Gasteiger partial charge in [0.2, 0.25) is 15.9 Å². The molecule has 0 spiro atoms. The lowest BCUT2D eigenvalue weighted by Gasteiger charge is -2.26. The zero-order valence-electron chi connectivity index (χ0n) is 16.4. The topological polar surface area (TPSA) is 94.2 Å². The molecular weight excluding hydrogens is 396 g/mol. The number of carbonyl (C=O) groups is 1. The predicted molar refractivity (Wildman–Crippen MR) is 108 cm³/mol. The number of amides is 1. The second-order valence-electron chi connectivity index (χ2n) is 6.42. The lowest BCUT2D eigenvalue weighted by atomic mass is 10.1. The van der Waals surface area contributed by atoms with Crippen molar-refractivity contribution < 1.29 is 27.4 Å². The minimum atomic E-state index is -3.78. The SMILES string of the molecule is COc1ccccc1CC(=O)Nc1ccc(OC)c(S(=O)(=O)N2CCOCC2)c1. The van der Waals surface area contributed by atoms with Gasteiger partial charge in [0.25, 0.3) is 0 Å². The molecule has 1 aliphatic heterocycles. The summed E-state index contributed by atoms with van der Waals surface area (Å²) in [6.45, 7) is 1.24. The number of rotatable bonds is 7. The van der Waals surface area contributed by atoms with Crippen LogP contribution in [0.1, 0.15) is 5.56 Å². The van der Waals surface area contributed by atoms with E-state index in [0.717, 1.165) is 5.56 Å². The smallest absolute Gasteiger partial charge is 0.246 e. The Hall–Kier alpha value is -2.62. The molecule has 3 rings (SSSR count). The van der Waals surface area contributed by atoms with Crippen molar-refractivity contribution in [2.75, 3.05) is 45.8 Å². The normalized spacial score (nSPS) is 15.0. The fraction of sp³-hybridized carbons (Fsp3) is 0.350. The van der Waals surface area contributed by atoms with Crippen molar-refractivity contribution in [3.63, 3.8) is 0 Å². The number of nitrogens with zero attached hydrogens (tertiary/aromatic N) is 1. The van der Waals surface area contributed by atoms with E-state index in [1.54, 1.807) is 25.3 Å². The molecule has 29 heavy (non-hydrogen) atoms. The van der Waals surface area contributed by atoms with Crippen LogP contribution in [0.2, 0.25) is 0 Å². The van der Waals surface area contributed by atoms with Gasteiger partial charge in [-0.25, -0.2) is 8.42 Å².